The van der Waals surface area contributed by atoms with Crippen LogP contribution in [0.15, 0.2) is 35.2 Å². The molecule has 0 radical (unpaired) electrons. The number of benzene rings is 1. The number of esters is 1. The molecular weight excluding hydrogens is 278 g/mol. The van der Waals surface area contributed by atoms with Crippen LogP contribution in [-0.4, -0.2) is 27.5 Å². The monoisotopic (exact) mass is 297 g/mol. The van der Waals surface area contributed by atoms with E-state index in [1.807, 2.05) is 0 Å². The largest absolute Gasteiger partial charge is 0.469 e. The number of carbonyl (C=O) groups excluding carboxylic acids is 1. The molecule has 0 atom stereocenters. The summed E-state index contributed by atoms with van der Waals surface area (Å²) in [5.41, 5.74) is 0. The number of hydrogen-bond donors (Lipinski definition) is 1. The highest BCUT2D eigenvalue weighted by molar-refractivity contribution is 7.89. The smallest absolute Gasteiger partial charge is 0.308 e. The summed E-state index contributed by atoms with van der Waals surface area (Å²) in [5, 5.41) is 0. The molecule has 20 heavy (non-hydrogen) atoms. The second kappa shape index (κ2) is 6.37. The highest BCUT2D eigenvalue weighted by Crippen LogP contribution is 2.26. The molecule has 110 valence electrons. The fraction of sp³-hybridized carbons (Fsp3) is 0.500. The van der Waals surface area contributed by atoms with Gasteiger partial charge in [0.1, 0.15) is 0 Å². The van der Waals surface area contributed by atoms with Gasteiger partial charge in [0.2, 0.25) is 10.0 Å². The zero-order valence-electron chi connectivity index (χ0n) is 11.4. The molecule has 0 aliphatic heterocycles. The topological polar surface area (TPSA) is 72.5 Å². The van der Waals surface area contributed by atoms with Crippen molar-refractivity contribution in [2.45, 2.75) is 36.6 Å². The van der Waals surface area contributed by atoms with Crippen molar-refractivity contribution in [1.82, 2.24) is 4.72 Å². The van der Waals surface area contributed by atoms with Gasteiger partial charge < -0.3 is 4.74 Å². The van der Waals surface area contributed by atoms with E-state index in [9.17, 15) is 13.2 Å². The third-order valence-corrected chi connectivity index (χ3v) is 5.17. The Kier molecular flexibility index (Phi) is 4.77. The van der Waals surface area contributed by atoms with Crippen molar-refractivity contribution in [3.63, 3.8) is 0 Å². The Morgan fingerprint density at radius 2 is 1.75 bits per heavy atom. The zero-order chi connectivity index (χ0) is 14.6. The summed E-state index contributed by atoms with van der Waals surface area (Å²) in [6.07, 6.45) is 2.64. The first-order valence-electron chi connectivity index (χ1n) is 6.68. The molecule has 0 spiro atoms. The van der Waals surface area contributed by atoms with Crippen LogP contribution in [0, 0.1) is 5.92 Å². The van der Waals surface area contributed by atoms with E-state index in [-0.39, 0.29) is 22.8 Å². The highest BCUT2D eigenvalue weighted by atomic mass is 32.2. The number of hydrogen-bond acceptors (Lipinski definition) is 4. The van der Waals surface area contributed by atoms with E-state index < -0.39 is 10.0 Å². The Bertz CT molecular complexity index is 548. The SMILES string of the molecule is COC(=O)C1CCC(NS(=O)(=O)c2ccccc2)CC1. The molecule has 0 bridgehead atoms. The van der Waals surface area contributed by atoms with E-state index in [0.717, 1.165) is 0 Å². The summed E-state index contributed by atoms with van der Waals surface area (Å²) in [6.45, 7) is 0. The Hall–Kier alpha value is -1.40. The van der Waals surface area contributed by atoms with Crippen LogP contribution in [0.1, 0.15) is 25.7 Å². The predicted octanol–water partition coefficient (Wildman–Crippen LogP) is 1.70. The molecule has 1 saturated carbocycles. The summed E-state index contributed by atoms with van der Waals surface area (Å²) in [4.78, 5) is 11.7. The van der Waals surface area contributed by atoms with Gasteiger partial charge in [-0.25, -0.2) is 13.1 Å². The molecule has 0 unspecified atom stereocenters. The molecule has 0 aromatic heterocycles. The Balaban J connectivity index is 1.94. The molecule has 0 saturated heterocycles. The lowest BCUT2D eigenvalue weighted by Crippen LogP contribution is -2.38. The van der Waals surface area contributed by atoms with Gasteiger partial charge in [0.25, 0.3) is 0 Å². The van der Waals surface area contributed by atoms with E-state index in [4.69, 9.17) is 4.74 Å². The minimum absolute atomic E-state index is 0.0996. The van der Waals surface area contributed by atoms with Crippen LogP contribution in [0.2, 0.25) is 0 Å². The maximum Gasteiger partial charge on any atom is 0.308 e. The van der Waals surface area contributed by atoms with Crippen molar-refractivity contribution in [1.29, 1.82) is 0 Å². The number of rotatable bonds is 4. The van der Waals surface area contributed by atoms with E-state index in [1.54, 1.807) is 30.3 Å². The van der Waals surface area contributed by atoms with Gasteiger partial charge in [0.15, 0.2) is 0 Å². The van der Waals surface area contributed by atoms with Crippen molar-refractivity contribution in [3.8, 4) is 0 Å². The average molecular weight is 297 g/mol. The molecular formula is C14H19NO4S. The van der Waals surface area contributed by atoms with Gasteiger partial charge >= 0.3 is 5.97 Å². The highest BCUT2D eigenvalue weighted by Gasteiger charge is 2.29. The van der Waals surface area contributed by atoms with E-state index >= 15 is 0 Å². The average Bonchev–Trinajstić information content (AvgIpc) is 2.48. The van der Waals surface area contributed by atoms with Crippen molar-refractivity contribution in [2.24, 2.45) is 5.92 Å². The number of sulfonamides is 1. The van der Waals surface area contributed by atoms with E-state index in [1.165, 1.54) is 7.11 Å². The summed E-state index contributed by atoms with van der Waals surface area (Å²) in [6, 6.07) is 8.21. The lowest BCUT2D eigenvalue weighted by Gasteiger charge is -2.27. The van der Waals surface area contributed by atoms with Crippen LogP contribution in [0.25, 0.3) is 0 Å². The predicted molar refractivity (Wildman–Crippen MR) is 74.5 cm³/mol. The number of nitrogens with one attached hydrogen (secondary N) is 1. The minimum atomic E-state index is -3.47. The van der Waals surface area contributed by atoms with Crippen LogP contribution < -0.4 is 4.72 Å². The maximum absolute atomic E-state index is 12.2. The molecule has 1 N–H and O–H groups in total. The molecule has 1 aromatic carbocycles. The Labute approximate surface area is 119 Å². The van der Waals surface area contributed by atoms with E-state index in [2.05, 4.69) is 4.72 Å². The first-order valence-corrected chi connectivity index (χ1v) is 8.16. The lowest BCUT2D eigenvalue weighted by atomic mass is 9.86. The third kappa shape index (κ3) is 3.58. The summed E-state index contributed by atoms with van der Waals surface area (Å²) in [5.74, 6) is -0.299. The molecule has 1 aromatic rings. The summed E-state index contributed by atoms with van der Waals surface area (Å²) in [7, 11) is -2.09. The van der Waals surface area contributed by atoms with Crippen molar-refractivity contribution in [2.75, 3.05) is 7.11 Å². The molecule has 0 heterocycles. The third-order valence-electron chi connectivity index (χ3n) is 3.64. The van der Waals surface area contributed by atoms with Gasteiger partial charge in [-0.05, 0) is 37.8 Å². The normalized spacial score (nSPS) is 23.2. The van der Waals surface area contributed by atoms with Gasteiger partial charge in [-0.1, -0.05) is 18.2 Å². The van der Waals surface area contributed by atoms with Crippen LogP contribution in [0.5, 0.6) is 0 Å². The molecule has 1 aliphatic rings. The van der Waals surface area contributed by atoms with Crippen LogP contribution in [-0.2, 0) is 19.6 Å². The first kappa shape index (κ1) is 15.0. The van der Waals surface area contributed by atoms with Gasteiger partial charge in [0, 0.05) is 6.04 Å². The van der Waals surface area contributed by atoms with Crippen LogP contribution in [0.4, 0.5) is 0 Å². The number of methoxy groups -OCH3 is 1. The number of ether oxygens (including phenoxy) is 1. The lowest BCUT2D eigenvalue weighted by molar-refractivity contribution is -0.146. The van der Waals surface area contributed by atoms with Crippen LogP contribution in [0.3, 0.4) is 0 Å². The van der Waals surface area contributed by atoms with Gasteiger partial charge in [0.05, 0.1) is 17.9 Å². The van der Waals surface area contributed by atoms with Gasteiger partial charge in [-0.15, -0.1) is 0 Å². The molecule has 1 fully saturated rings. The van der Waals surface area contributed by atoms with Crippen molar-refractivity contribution < 1.29 is 17.9 Å². The standard InChI is InChI=1S/C14H19NO4S/c1-19-14(16)11-7-9-12(10-8-11)15-20(17,18)13-5-3-2-4-6-13/h2-6,11-12,15H,7-10H2,1H3. The Morgan fingerprint density at radius 3 is 2.30 bits per heavy atom. The van der Waals surface area contributed by atoms with Crippen LogP contribution >= 0.6 is 0 Å². The second-order valence-corrected chi connectivity index (χ2v) is 6.72. The number of carbonyl (C=O) groups is 1. The second-order valence-electron chi connectivity index (χ2n) is 5.01. The fourth-order valence-corrected chi connectivity index (χ4v) is 3.83. The molecule has 5 nitrogen and oxygen atoms in total. The molecule has 1 aliphatic carbocycles. The fourth-order valence-electron chi connectivity index (χ4n) is 2.50. The van der Waals surface area contributed by atoms with Gasteiger partial charge in [-0.2, -0.15) is 0 Å². The molecule has 0 amide bonds. The minimum Gasteiger partial charge on any atom is -0.469 e. The molecule has 2 rings (SSSR count). The van der Waals surface area contributed by atoms with Crippen molar-refractivity contribution >= 4 is 16.0 Å². The van der Waals surface area contributed by atoms with Gasteiger partial charge in [-0.3, -0.25) is 4.79 Å². The Morgan fingerprint density at radius 1 is 1.15 bits per heavy atom. The van der Waals surface area contributed by atoms with E-state index in [0.29, 0.717) is 25.7 Å². The first-order chi connectivity index (χ1) is 9.53. The summed E-state index contributed by atoms with van der Waals surface area (Å²) < 4.78 is 31.8. The zero-order valence-corrected chi connectivity index (χ0v) is 12.2. The quantitative estimate of drug-likeness (QED) is 0.859. The van der Waals surface area contributed by atoms with Crippen molar-refractivity contribution in [3.05, 3.63) is 30.3 Å². The molecule has 6 heteroatoms. The maximum atomic E-state index is 12.2. The summed E-state index contributed by atoms with van der Waals surface area (Å²) >= 11 is 0.